The van der Waals surface area contributed by atoms with Crippen LogP contribution in [-0.2, 0) is 6.54 Å². The number of fused-ring (bicyclic) bond motifs is 1. The molecule has 3 rings (SSSR count). The molecule has 1 aliphatic heterocycles. The van der Waals surface area contributed by atoms with Gasteiger partial charge in [-0.15, -0.1) is 6.42 Å². The van der Waals surface area contributed by atoms with Crippen LogP contribution in [0.4, 0.5) is 0 Å². The van der Waals surface area contributed by atoms with Crippen LogP contribution in [0.5, 0.6) is 0 Å². The largest absolute Gasteiger partial charge is 0.341 e. The topological polar surface area (TPSA) is 66.5 Å². The Bertz CT molecular complexity index is 866. The van der Waals surface area contributed by atoms with Gasteiger partial charge in [-0.1, -0.05) is 36.3 Å². The fourth-order valence-corrected chi connectivity index (χ4v) is 2.57. The van der Waals surface area contributed by atoms with Crippen molar-refractivity contribution >= 4 is 17.7 Å². The number of imide groups is 1. The molecule has 0 aliphatic carbocycles. The summed E-state index contributed by atoms with van der Waals surface area (Å²) in [5.41, 5.74) is 1.71. The molecule has 2 aromatic carbocycles. The molecule has 1 aliphatic rings. The van der Waals surface area contributed by atoms with Crippen molar-refractivity contribution in [3.8, 4) is 12.3 Å². The molecule has 0 aromatic heterocycles. The van der Waals surface area contributed by atoms with E-state index in [4.69, 9.17) is 6.42 Å². The molecule has 118 valence electrons. The summed E-state index contributed by atoms with van der Waals surface area (Å²) in [7, 11) is 0. The number of nitrogens with zero attached hydrogens (tertiary/aromatic N) is 1. The summed E-state index contributed by atoms with van der Waals surface area (Å²) in [4.78, 5) is 38.1. The van der Waals surface area contributed by atoms with Gasteiger partial charge < -0.3 is 5.32 Å². The number of carbonyl (C=O) groups is 3. The average Bonchev–Trinajstić information content (AvgIpc) is 2.85. The van der Waals surface area contributed by atoms with Crippen molar-refractivity contribution in [1.29, 1.82) is 0 Å². The van der Waals surface area contributed by atoms with Crippen LogP contribution >= 0.6 is 0 Å². The highest BCUT2D eigenvalue weighted by atomic mass is 16.2. The Hall–Kier alpha value is -3.39. The predicted molar refractivity (Wildman–Crippen MR) is 88.3 cm³/mol. The third-order valence-corrected chi connectivity index (χ3v) is 3.77. The van der Waals surface area contributed by atoms with Gasteiger partial charge in [0, 0.05) is 5.56 Å². The van der Waals surface area contributed by atoms with Gasteiger partial charge in [0.2, 0.25) is 0 Å². The number of hydrogen-bond donors (Lipinski definition) is 1. The second kappa shape index (κ2) is 6.39. The van der Waals surface area contributed by atoms with E-state index in [2.05, 4.69) is 11.2 Å². The Morgan fingerprint density at radius 2 is 1.75 bits per heavy atom. The molecule has 0 atom stereocenters. The molecule has 1 heterocycles. The fourth-order valence-electron chi connectivity index (χ4n) is 2.57. The molecule has 5 nitrogen and oxygen atoms in total. The van der Waals surface area contributed by atoms with Crippen molar-refractivity contribution in [2.45, 2.75) is 6.54 Å². The number of nitrogens with one attached hydrogen (secondary N) is 1. The van der Waals surface area contributed by atoms with Crippen molar-refractivity contribution in [2.75, 3.05) is 6.54 Å². The van der Waals surface area contributed by atoms with Gasteiger partial charge in [0.1, 0.15) is 0 Å². The number of terminal acetylenes is 1. The van der Waals surface area contributed by atoms with E-state index in [-0.39, 0.29) is 30.5 Å². The minimum absolute atomic E-state index is 0.100. The second-order valence-corrected chi connectivity index (χ2v) is 5.33. The third-order valence-electron chi connectivity index (χ3n) is 3.77. The van der Waals surface area contributed by atoms with Gasteiger partial charge in [-0.2, -0.15) is 0 Å². The quantitative estimate of drug-likeness (QED) is 0.691. The number of amides is 3. The predicted octanol–water partition coefficient (Wildman–Crippen LogP) is 1.85. The number of carbonyl (C=O) groups excluding carboxylic acids is 3. The van der Waals surface area contributed by atoms with Crippen molar-refractivity contribution in [1.82, 2.24) is 10.2 Å². The van der Waals surface area contributed by atoms with Gasteiger partial charge in [-0.05, 0) is 23.8 Å². The van der Waals surface area contributed by atoms with Crippen LogP contribution in [0.15, 0.2) is 48.5 Å². The Kier molecular flexibility index (Phi) is 4.13. The molecule has 2 aromatic rings. The standard InChI is InChI=1S/C19H14N2O3/c1-2-10-20-17(22)14-8-9-15-16(11-14)19(24)21(18(15)23)12-13-6-4-3-5-7-13/h1,3-9,11H,10,12H2,(H,20,22). The zero-order valence-electron chi connectivity index (χ0n) is 12.8. The van der Waals surface area contributed by atoms with Crippen LogP contribution < -0.4 is 5.32 Å². The van der Waals surface area contributed by atoms with E-state index in [1.165, 1.54) is 23.1 Å². The molecular weight excluding hydrogens is 304 g/mol. The van der Waals surface area contributed by atoms with E-state index in [0.717, 1.165) is 5.56 Å². The first-order valence-corrected chi connectivity index (χ1v) is 7.37. The highest BCUT2D eigenvalue weighted by Crippen LogP contribution is 2.25. The first-order valence-electron chi connectivity index (χ1n) is 7.37. The highest BCUT2D eigenvalue weighted by Gasteiger charge is 2.35. The Morgan fingerprint density at radius 1 is 1.04 bits per heavy atom. The Morgan fingerprint density at radius 3 is 2.46 bits per heavy atom. The Balaban J connectivity index is 1.86. The van der Waals surface area contributed by atoms with Crippen LogP contribution in [0.2, 0.25) is 0 Å². The van der Waals surface area contributed by atoms with Gasteiger partial charge in [-0.25, -0.2) is 0 Å². The number of benzene rings is 2. The lowest BCUT2D eigenvalue weighted by Crippen LogP contribution is -2.29. The lowest BCUT2D eigenvalue weighted by atomic mass is 10.1. The van der Waals surface area contributed by atoms with Crippen LogP contribution in [0.1, 0.15) is 36.6 Å². The van der Waals surface area contributed by atoms with E-state index in [0.29, 0.717) is 11.1 Å². The Labute approximate surface area is 139 Å². The van der Waals surface area contributed by atoms with E-state index in [1.54, 1.807) is 0 Å². The molecule has 0 fully saturated rings. The summed E-state index contributed by atoms with van der Waals surface area (Å²) >= 11 is 0. The van der Waals surface area contributed by atoms with Crippen LogP contribution in [-0.4, -0.2) is 29.2 Å². The minimum Gasteiger partial charge on any atom is -0.341 e. The molecule has 0 unspecified atom stereocenters. The van der Waals surface area contributed by atoms with E-state index < -0.39 is 5.91 Å². The summed E-state index contributed by atoms with van der Waals surface area (Å²) in [6.45, 7) is 0.300. The van der Waals surface area contributed by atoms with Gasteiger partial charge in [0.15, 0.2) is 0 Å². The average molecular weight is 318 g/mol. The van der Waals surface area contributed by atoms with Crippen molar-refractivity contribution < 1.29 is 14.4 Å². The number of hydrogen-bond acceptors (Lipinski definition) is 3. The molecule has 5 heteroatoms. The molecule has 0 spiro atoms. The SMILES string of the molecule is C#CCNC(=O)c1ccc2c(c1)C(=O)N(Cc1ccccc1)C2=O. The lowest BCUT2D eigenvalue weighted by Gasteiger charge is -2.13. The molecule has 0 saturated carbocycles. The van der Waals surface area contributed by atoms with E-state index in [9.17, 15) is 14.4 Å². The lowest BCUT2D eigenvalue weighted by molar-refractivity contribution is 0.0642. The van der Waals surface area contributed by atoms with Gasteiger partial charge in [-0.3, -0.25) is 19.3 Å². The monoisotopic (exact) mass is 318 g/mol. The summed E-state index contributed by atoms with van der Waals surface area (Å²) in [5, 5.41) is 2.53. The highest BCUT2D eigenvalue weighted by molar-refractivity contribution is 6.22. The minimum atomic E-state index is -0.398. The molecule has 0 saturated heterocycles. The van der Waals surface area contributed by atoms with Gasteiger partial charge in [0.05, 0.1) is 24.2 Å². The maximum Gasteiger partial charge on any atom is 0.261 e. The molecular formula is C19H14N2O3. The second-order valence-electron chi connectivity index (χ2n) is 5.33. The molecule has 0 radical (unpaired) electrons. The van der Waals surface area contributed by atoms with Crippen molar-refractivity contribution in [3.05, 3.63) is 70.8 Å². The van der Waals surface area contributed by atoms with Crippen LogP contribution in [0.3, 0.4) is 0 Å². The molecule has 1 N–H and O–H groups in total. The zero-order valence-corrected chi connectivity index (χ0v) is 12.8. The summed E-state index contributed by atoms with van der Waals surface area (Å²) in [6, 6.07) is 13.7. The van der Waals surface area contributed by atoms with E-state index in [1.807, 2.05) is 30.3 Å². The fraction of sp³-hybridized carbons (Fsp3) is 0.105. The van der Waals surface area contributed by atoms with Crippen molar-refractivity contribution in [3.63, 3.8) is 0 Å². The maximum absolute atomic E-state index is 12.5. The summed E-state index contributed by atoms with van der Waals surface area (Å²) in [5.74, 6) is 1.18. The van der Waals surface area contributed by atoms with E-state index >= 15 is 0 Å². The molecule has 0 bridgehead atoms. The smallest absolute Gasteiger partial charge is 0.261 e. The van der Waals surface area contributed by atoms with Crippen LogP contribution in [0, 0.1) is 12.3 Å². The maximum atomic E-state index is 12.5. The van der Waals surface area contributed by atoms with Crippen molar-refractivity contribution in [2.24, 2.45) is 0 Å². The number of rotatable bonds is 4. The first kappa shape index (κ1) is 15.5. The van der Waals surface area contributed by atoms with Crippen LogP contribution in [0.25, 0.3) is 0 Å². The first-order chi connectivity index (χ1) is 11.6. The summed E-state index contributed by atoms with van der Waals surface area (Å²) < 4.78 is 0. The van der Waals surface area contributed by atoms with Gasteiger partial charge in [0.25, 0.3) is 17.7 Å². The normalized spacial score (nSPS) is 12.7. The summed E-state index contributed by atoms with van der Waals surface area (Å²) in [6.07, 6.45) is 5.11. The molecule has 24 heavy (non-hydrogen) atoms. The molecule has 3 amide bonds. The third kappa shape index (κ3) is 2.77. The van der Waals surface area contributed by atoms with Gasteiger partial charge >= 0.3 is 0 Å². The zero-order chi connectivity index (χ0) is 17.1.